The van der Waals surface area contributed by atoms with Gasteiger partial charge in [-0.05, 0) is 12.3 Å². The number of piperazine rings is 1. The Morgan fingerprint density at radius 1 is 1.41 bits per heavy atom. The lowest BCUT2D eigenvalue weighted by molar-refractivity contribution is 0.0725. The third-order valence-electron chi connectivity index (χ3n) is 4.03. The third-order valence-corrected chi connectivity index (χ3v) is 4.03. The van der Waals surface area contributed by atoms with Crippen LogP contribution >= 0.6 is 0 Å². The van der Waals surface area contributed by atoms with Gasteiger partial charge < -0.3 is 10.4 Å². The Morgan fingerprint density at radius 3 is 2.88 bits per heavy atom. The van der Waals surface area contributed by atoms with Gasteiger partial charge in [-0.3, -0.25) is 4.90 Å². The van der Waals surface area contributed by atoms with Crippen LogP contribution in [0.4, 0.5) is 0 Å². The Kier molecular flexibility index (Phi) is 4.78. The summed E-state index contributed by atoms with van der Waals surface area (Å²) in [5, 5.41) is 22.4. The summed E-state index contributed by atoms with van der Waals surface area (Å²) >= 11 is 0. The second-order valence-corrected chi connectivity index (χ2v) is 5.38. The van der Waals surface area contributed by atoms with Gasteiger partial charge in [-0.1, -0.05) is 25.7 Å². The van der Waals surface area contributed by atoms with E-state index in [4.69, 9.17) is 5.26 Å². The van der Waals surface area contributed by atoms with Crippen LogP contribution in [0.15, 0.2) is 0 Å². The summed E-state index contributed by atoms with van der Waals surface area (Å²) in [6.45, 7) is 3.19. The van der Waals surface area contributed by atoms with Crippen LogP contribution in [-0.2, 0) is 0 Å². The molecule has 0 bridgehead atoms. The maximum Gasteiger partial charge on any atom is 0.110 e. The molecule has 0 aromatic carbocycles. The van der Waals surface area contributed by atoms with E-state index in [1.807, 2.05) is 0 Å². The topological polar surface area (TPSA) is 59.3 Å². The predicted molar refractivity (Wildman–Crippen MR) is 66.4 cm³/mol. The Balaban J connectivity index is 1.76. The van der Waals surface area contributed by atoms with E-state index in [-0.39, 0.29) is 12.1 Å². The van der Waals surface area contributed by atoms with Gasteiger partial charge in [0.15, 0.2) is 0 Å². The van der Waals surface area contributed by atoms with E-state index in [1.165, 1.54) is 25.7 Å². The van der Waals surface area contributed by atoms with E-state index in [2.05, 4.69) is 16.3 Å². The summed E-state index contributed by atoms with van der Waals surface area (Å²) in [5.41, 5.74) is 0. The SMILES string of the molecule is N#CC1CNCCN1CC(O)CC1CCCC1. The second kappa shape index (κ2) is 6.34. The number of nitrogens with zero attached hydrogens (tertiary/aromatic N) is 2. The molecule has 2 fully saturated rings. The maximum atomic E-state index is 10.1. The molecule has 0 aromatic heterocycles. The molecule has 4 heteroatoms. The van der Waals surface area contributed by atoms with Crippen molar-refractivity contribution in [2.75, 3.05) is 26.2 Å². The average Bonchev–Trinajstić information content (AvgIpc) is 2.82. The summed E-state index contributed by atoms with van der Waals surface area (Å²) in [5.74, 6) is 0.716. The quantitative estimate of drug-likeness (QED) is 0.756. The minimum atomic E-state index is -0.257. The summed E-state index contributed by atoms with van der Waals surface area (Å²) in [6.07, 6.45) is 5.87. The normalized spacial score (nSPS) is 29.1. The van der Waals surface area contributed by atoms with Crippen LogP contribution in [0.2, 0.25) is 0 Å². The van der Waals surface area contributed by atoms with Crippen LogP contribution in [0.25, 0.3) is 0 Å². The fraction of sp³-hybridized carbons (Fsp3) is 0.923. The molecule has 0 aromatic rings. The first-order valence-electron chi connectivity index (χ1n) is 6.82. The van der Waals surface area contributed by atoms with Crippen molar-refractivity contribution in [2.24, 2.45) is 5.92 Å². The Bertz CT molecular complexity index is 270. The van der Waals surface area contributed by atoms with Gasteiger partial charge in [-0.25, -0.2) is 0 Å². The summed E-state index contributed by atoms with van der Waals surface area (Å²) in [7, 11) is 0. The fourth-order valence-corrected chi connectivity index (χ4v) is 3.07. The van der Waals surface area contributed by atoms with Crippen LogP contribution in [0.5, 0.6) is 0 Å². The molecule has 4 nitrogen and oxygen atoms in total. The largest absolute Gasteiger partial charge is 0.392 e. The molecule has 1 aliphatic heterocycles. The lowest BCUT2D eigenvalue weighted by Gasteiger charge is -2.33. The first kappa shape index (κ1) is 12.8. The van der Waals surface area contributed by atoms with Crippen molar-refractivity contribution in [3.05, 3.63) is 0 Å². The summed E-state index contributed by atoms with van der Waals surface area (Å²) in [4.78, 5) is 2.12. The Hall–Kier alpha value is -0.630. The van der Waals surface area contributed by atoms with Crippen LogP contribution < -0.4 is 5.32 Å². The smallest absolute Gasteiger partial charge is 0.110 e. The molecule has 2 atom stereocenters. The molecule has 2 aliphatic rings. The zero-order valence-corrected chi connectivity index (χ0v) is 10.4. The predicted octanol–water partition coefficient (Wildman–Crippen LogP) is 0.725. The van der Waals surface area contributed by atoms with Crippen molar-refractivity contribution in [1.82, 2.24) is 10.2 Å². The van der Waals surface area contributed by atoms with E-state index in [1.54, 1.807) is 0 Å². The van der Waals surface area contributed by atoms with Gasteiger partial charge in [0.25, 0.3) is 0 Å². The molecule has 0 amide bonds. The molecule has 1 aliphatic carbocycles. The first-order chi connectivity index (χ1) is 8.29. The zero-order valence-electron chi connectivity index (χ0n) is 10.4. The minimum absolute atomic E-state index is 0.0676. The number of rotatable bonds is 4. The molecule has 17 heavy (non-hydrogen) atoms. The molecular weight excluding hydrogens is 214 g/mol. The fourth-order valence-electron chi connectivity index (χ4n) is 3.07. The van der Waals surface area contributed by atoms with Gasteiger partial charge in [0, 0.05) is 26.2 Å². The highest BCUT2D eigenvalue weighted by Gasteiger charge is 2.25. The molecule has 1 saturated heterocycles. The van der Waals surface area contributed by atoms with Gasteiger partial charge in [0.05, 0.1) is 12.2 Å². The highest BCUT2D eigenvalue weighted by molar-refractivity contribution is 4.96. The number of nitrogens with one attached hydrogen (secondary N) is 1. The monoisotopic (exact) mass is 237 g/mol. The lowest BCUT2D eigenvalue weighted by Crippen LogP contribution is -2.52. The third kappa shape index (κ3) is 3.67. The number of hydrogen-bond donors (Lipinski definition) is 2. The second-order valence-electron chi connectivity index (χ2n) is 5.38. The highest BCUT2D eigenvalue weighted by Crippen LogP contribution is 2.28. The Labute approximate surface area is 104 Å². The van der Waals surface area contributed by atoms with Gasteiger partial charge >= 0.3 is 0 Å². The number of hydrogen-bond acceptors (Lipinski definition) is 4. The minimum Gasteiger partial charge on any atom is -0.392 e. The van der Waals surface area contributed by atoms with Crippen molar-refractivity contribution < 1.29 is 5.11 Å². The van der Waals surface area contributed by atoms with Crippen molar-refractivity contribution >= 4 is 0 Å². The number of β-amino-alcohol motifs (C(OH)–C–C–N with tert-alkyl or cyclic N) is 1. The van der Waals surface area contributed by atoms with Crippen LogP contribution in [0, 0.1) is 17.2 Å². The molecule has 96 valence electrons. The van der Waals surface area contributed by atoms with E-state index in [0.717, 1.165) is 26.1 Å². The number of aliphatic hydroxyl groups is 1. The van der Waals surface area contributed by atoms with Crippen LogP contribution in [-0.4, -0.2) is 48.3 Å². The highest BCUT2D eigenvalue weighted by atomic mass is 16.3. The molecule has 2 unspecified atom stereocenters. The van der Waals surface area contributed by atoms with Gasteiger partial charge in [-0.15, -0.1) is 0 Å². The van der Waals surface area contributed by atoms with Crippen molar-refractivity contribution in [3.8, 4) is 6.07 Å². The van der Waals surface area contributed by atoms with E-state index in [0.29, 0.717) is 12.5 Å². The molecule has 2 N–H and O–H groups in total. The first-order valence-corrected chi connectivity index (χ1v) is 6.82. The van der Waals surface area contributed by atoms with Gasteiger partial charge in [0.1, 0.15) is 6.04 Å². The summed E-state index contributed by atoms with van der Waals surface area (Å²) < 4.78 is 0. The molecule has 0 radical (unpaired) electrons. The zero-order chi connectivity index (χ0) is 12.1. The van der Waals surface area contributed by atoms with Crippen molar-refractivity contribution in [1.29, 1.82) is 5.26 Å². The van der Waals surface area contributed by atoms with Crippen LogP contribution in [0.3, 0.4) is 0 Å². The average molecular weight is 237 g/mol. The number of nitriles is 1. The summed E-state index contributed by atoms with van der Waals surface area (Å²) in [6, 6.07) is 2.24. The van der Waals surface area contributed by atoms with Gasteiger partial charge in [-0.2, -0.15) is 5.26 Å². The molecule has 1 saturated carbocycles. The van der Waals surface area contributed by atoms with Crippen molar-refractivity contribution in [3.63, 3.8) is 0 Å². The molecule has 2 rings (SSSR count). The Morgan fingerprint density at radius 2 is 2.18 bits per heavy atom. The van der Waals surface area contributed by atoms with E-state index < -0.39 is 0 Å². The van der Waals surface area contributed by atoms with Crippen molar-refractivity contribution in [2.45, 2.75) is 44.2 Å². The lowest BCUT2D eigenvalue weighted by atomic mass is 9.99. The molecular formula is C13H23N3O. The molecule has 1 heterocycles. The van der Waals surface area contributed by atoms with Gasteiger partial charge in [0.2, 0.25) is 0 Å². The molecule has 0 spiro atoms. The van der Waals surface area contributed by atoms with E-state index in [9.17, 15) is 5.11 Å². The standard InChI is InChI=1S/C13H23N3O/c14-8-12-9-15-5-6-16(12)10-13(17)7-11-3-1-2-4-11/h11-13,15,17H,1-7,9-10H2. The number of aliphatic hydroxyl groups excluding tert-OH is 1. The van der Waals surface area contributed by atoms with Crippen LogP contribution in [0.1, 0.15) is 32.1 Å². The maximum absolute atomic E-state index is 10.1. The van der Waals surface area contributed by atoms with E-state index >= 15 is 0 Å².